The van der Waals surface area contributed by atoms with Crippen LogP contribution in [0.25, 0.3) is 0 Å². The molecule has 0 aliphatic rings. The fraction of sp³-hybridized carbons (Fsp3) is 0.417. The van der Waals surface area contributed by atoms with Gasteiger partial charge in [-0.1, -0.05) is 0 Å². The first-order valence-corrected chi connectivity index (χ1v) is 7.55. The van der Waals surface area contributed by atoms with Crippen LogP contribution in [0.5, 0.6) is 5.75 Å². The number of aliphatic hydroxyl groups excluding tert-OH is 1. The fourth-order valence-electron chi connectivity index (χ4n) is 1.69. The third kappa shape index (κ3) is 3.61. The molecule has 0 heterocycles. The summed E-state index contributed by atoms with van der Waals surface area (Å²) in [7, 11) is -1.01. The fourth-order valence-corrected chi connectivity index (χ4v) is 2.60. The highest BCUT2D eigenvalue weighted by molar-refractivity contribution is 7.92. The van der Waals surface area contributed by atoms with Crippen molar-refractivity contribution in [2.45, 2.75) is 0 Å². The molecule has 0 fully saturated rings. The molecule has 0 saturated carbocycles. The molecule has 0 unspecified atom stereocenters. The van der Waals surface area contributed by atoms with Crippen molar-refractivity contribution in [3.63, 3.8) is 0 Å². The van der Waals surface area contributed by atoms with E-state index in [2.05, 4.69) is 4.74 Å². The Morgan fingerprint density at radius 3 is 2.45 bits per heavy atom. The summed E-state index contributed by atoms with van der Waals surface area (Å²) in [6, 6.07) is 4.28. The van der Waals surface area contributed by atoms with Crippen LogP contribution in [-0.4, -0.2) is 53.1 Å². The molecule has 0 spiro atoms. The Balaban J connectivity index is 3.41. The molecule has 0 aromatic heterocycles. The maximum atomic E-state index is 11.8. The van der Waals surface area contributed by atoms with E-state index in [0.29, 0.717) is 0 Å². The summed E-state index contributed by atoms with van der Waals surface area (Å²) in [5.41, 5.74) is 0.363. The summed E-state index contributed by atoms with van der Waals surface area (Å²) in [6.45, 7) is -0.501. The lowest BCUT2D eigenvalue weighted by Crippen LogP contribution is -2.33. The number of carbonyl (C=O) groups is 1. The van der Waals surface area contributed by atoms with Gasteiger partial charge in [-0.05, 0) is 18.2 Å². The van der Waals surface area contributed by atoms with Crippen molar-refractivity contribution in [3.8, 4) is 5.75 Å². The van der Waals surface area contributed by atoms with Gasteiger partial charge in [0.25, 0.3) is 0 Å². The van der Waals surface area contributed by atoms with E-state index in [-0.39, 0.29) is 30.2 Å². The Kier molecular flexibility index (Phi) is 5.34. The van der Waals surface area contributed by atoms with E-state index in [1.807, 2.05) is 0 Å². The number of rotatable bonds is 6. The van der Waals surface area contributed by atoms with Gasteiger partial charge in [0.15, 0.2) is 0 Å². The number of benzene rings is 1. The predicted octanol–water partition coefficient (Wildman–Crippen LogP) is 0.240. The van der Waals surface area contributed by atoms with Crippen LogP contribution in [0.2, 0.25) is 0 Å². The van der Waals surface area contributed by atoms with Crippen LogP contribution in [0.1, 0.15) is 10.4 Å². The summed E-state index contributed by atoms with van der Waals surface area (Å²) >= 11 is 0. The molecular weight excluding hydrogens is 286 g/mol. The molecule has 1 aromatic rings. The van der Waals surface area contributed by atoms with Crippen molar-refractivity contribution in [2.24, 2.45) is 0 Å². The molecule has 7 nitrogen and oxygen atoms in total. The Hall–Kier alpha value is -1.80. The van der Waals surface area contributed by atoms with Gasteiger partial charge >= 0.3 is 5.97 Å². The second-order valence-corrected chi connectivity index (χ2v) is 5.84. The average Bonchev–Trinajstić information content (AvgIpc) is 2.42. The molecule has 8 heteroatoms. The van der Waals surface area contributed by atoms with E-state index >= 15 is 0 Å². The standard InChI is InChI=1S/C12H17NO6S/c1-18-11-5-4-9(12(15)19-2)8-10(11)13(6-7-14)20(3,16)17/h4-5,8,14H,6-7H2,1-3H3. The van der Waals surface area contributed by atoms with Crippen LogP contribution in [0.3, 0.4) is 0 Å². The molecule has 0 aliphatic heterocycles. The molecule has 0 bridgehead atoms. The number of sulfonamides is 1. The highest BCUT2D eigenvalue weighted by atomic mass is 32.2. The minimum absolute atomic E-state index is 0.139. The van der Waals surface area contributed by atoms with E-state index in [4.69, 9.17) is 9.84 Å². The second kappa shape index (κ2) is 6.58. The maximum Gasteiger partial charge on any atom is 0.337 e. The minimum atomic E-state index is -3.62. The topological polar surface area (TPSA) is 93.1 Å². The SMILES string of the molecule is COC(=O)c1ccc(OC)c(N(CCO)S(C)(=O)=O)c1. The summed E-state index contributed by atoms with van der Waals surface area (Å²) in [5.74, 6) is -0.317. The number of anilines is 1. The minimum Gasteiger partial charge on any atom is -0.495 e. The van der Waals surface area contributed by atoms with Gasteiger partial charge in [0.05, 0.1) is 44.9 Å². The van der Waals surface area contributed by atoms with Crippen molar-refractivity contribution in [3.05, 3.63) is 23.8 Å². The van der Waals surface area contributed by atoms with E-state index in [1.54, 1.807) is 0 Å². The van der Waals surface area contributed by atoms with Crippen LogP contribution in [0.15, 0.2) is 18.2 Å². The largest absolute Gasteiger partial charge is 0.495 e. The molecule has 20 heavy (non-hydrogen) atoms. The summed E-state index contributed by atoms with van der Waals surface area (Å²) < 4.78 is 34.2. The average molecular weight is 303 g/mol. The maximum absolute atomic E-state index is 11.8. The molecule has 0 radical (unpaired) electrons. The molecule has 0 amide bonds. The molecule has 0 atom stereocenters. The predicted molar refractivity (Wildman–Crippen MR) is 73.6 cm³/mol. The van der Waals surface area contributed by atoms with Crippen molar-refractivity contribution in [1.82, 2.24) is 0 Å². The number of ether oxygens (including phenoxy) is 2. The van der Waals surface area contributed by atoms with Gasteiger partial charge in [-0.15, -0.1) is 0 Å². The number of hydrogen-bond donors (Lipinski definition) is 1. The zero-order chi connectivity index (χ0) is 15.3. The van der Waals surface area contributed by atoms with Gasteiger partial charge in [-0.2, -0.15) is 0 Å². The van der Waals surface area contributed by atoms with Crippen molar-refractivity contribution in [2.75, 3.05) is 37.9 Å². The van der Waals surface area contributed by atoms with Crippen LogP contribution in [0.4, 0.5) is 5.69 Å². The van der Waals surface area contributed by atoms with Crippen molar-refractivity contribution >= 4 is 21.7 Å². The molecule has 1 N–H and O–H groups in total. The summed E-state index contributed by atoms with van der Waals surface area (Å²) in [6.07, 6.45) is 1.01. The molecule has 1 rings (SSSR count). The summed E-state index contributed by atoms with van der Waals surface area (Å²) in [4.78, 5) is 11.5. The first-order valence-electron chi connectivity index (χ1n) is 5.70. The Bertz CT molecular complexity index is 584. The quantitative estimate of drug-likeness (QED) is 0.757. The third-order valence-electron chi connectivity index (χ3n) is 2.57. The van der Waals surface area contributed by atoms with Crippen molar-refractivity contribution in [1.29, 1.82) is 0 Å². The zero-order valence-corrected chi connectivity index (χ0v) is 12.3. The molecular formula is C12H17NO6S. The second-order valence-electron chi connectivity index (χ2n) is 3.94. The third-order valence-corrected chi connectivity index (χ3v) is 3.75. The normalized spacial score (nSPS) is 11.0. The van der Waals surface area contributed by atoms with Gasteiger partial charge in [0.2, 0.25) is 10.0 Å². The van der Waals surface area contributed by atoms with E-state index in [0.717, 1.165) is 10.6 Å². The Morgan fingerprint density at radius 2 is 2.00 bits per heavy atom. The van der Waals surface area contributed by atoms with Gasteiger partial charge in [0, 0.05) is 0 Å². The first kappa shape index (κ1) is 16.3. The number of methoxy groups -OCH3 is 2. The highest BCUT2D eigenvalue weighted by Crippen LogP contribution is 2.31. The number of hydrogen-bond acceptors (Lipinski definition) is 6. The van der Waals surface area contributed by atoms with E-state index in [1.165, 1.54) is 32.4 Å². The summed E-state index contributed by atoms with van der Waals surface area (Å²) in [5, 5.41) is 9.01. The number of nitrogens with zero attached hydrogens (tertiary/aromatic N) is 1. The highest BCUT2D eigenvalue weighted by Gasteiger charge is 2.22. The lowest BCUT2D eigenvalue weighted by atomic mass is 10.2. The number of aliphatic hydroxyl groups is 1. The van der Waals surface area contributed by atoms with E-state index in [9.17, 15) is 13.2 Å². The number of carbonyl (C=O) groups excluding carboxylic acids is 1. The van der Waals surface area contributed by atoms with Gasteiger partial charge < -0.3 is 14.6 Å². The Morgan fingerprint density at radius 1 is 1.35 bits per heavy atom. The molecule has 0 aliphatic carbocycles. The van der Waals surface area contributed by atoms with Crippen LogP contribution in [0, 0.1) is 0 Å². The number of esters is 1. The van der Waals surface area contributed by atoms with Gasteiger partial charge in [-0.3, -0.25) is 4.31 Å². The van der Waals surface area contributed by atoms with Crippen LogP contribution < -0.4 is 9.04 Å². The van der Waals surface area contributed by atoms with Crippen molar-refractivity contribution < 1.29 is 27.8 Å². The zero-order valence-electron chi connectivity index (χ0n) is 11.5. The monoisotopic (exact) mass is 303 g/mol. The van der Waals surface area contributed by atoms with Crippen LogP contribution in [-0.2, 0) is 14.8 Å². The van der Waals surface area contributed by atoms with E-state index < -0.39 is 16.0 Å². The molecule has 112 valence electrons. The van der Waals surface area contributed by atoms with Gasteiger partial charge in [0.1, 0.15) is 5.75 Å². The molecule has 1 aromatic carbocycles. The first-order chi connectivity index (χ1) is 9.35. The van der Waals surface area contributed by atoms with Crippen LogP contribution >= 0.6 is 0 Å². The Labute approximate surface area is 117 Å². The molecule has 0 saturated heterocycles. The van der Waals surface area contributed by atoms with Gasteiger partial charge in [-0.25, -0.2) is 13.2 Å². The smallest absolute Gasteiger partial charge is 0.337 e. The lowest BCUT2D eigenvalue weighted by molar-refractivity contribution is 0.0600. The lowest BCUT2D eigenvalue weighted by Gasteiger charge is -2.23.